The van der Waals surface area contributed by atoms with Crippen molar-refractivity contribution >= 4 is 43.4 Å². The fourth-order valence-electron chi connectivity index (χ4n) is 9.32. The molecule has 0 unspecified atom stereocenters. The van der Waals surface area contributed by atoms with Crippen LogP contribution in [0.4, 0.5) is 37.7 Å². The molecule has 24 heteroatoms. The highest BCUT2D eigenvalue weighted by Crippen LogP contribution is 2.45. The minimum atomic E-state index is -4.17. The minimum absolute atomic E-state index is 0.0146. The average molecular weight is 1160 g/mol. The van der Waals surface area contributed by atoms with Gasteiger partial charge in [-0.3, -0.25) is 18.2 Å². The van der Waals surface area contributed by atoms with Crippen LogP contribution in [0.2, 0.25) is 0 Å². The third kappa shape index (κ3) is 13.9. The Labute approximate surface area is 458 Å². The number of fused-ring (bicyclic) bond motifs is 2. The van der Waals surface area contributed by atoms with Gasteiger partial charge in [0.25, 0.3) is 20.0 Å². The van der Waals surface area contributed by atoms with Gasteiger partial charge >= 0.3 is 25.2 Å². The average Bonchev–Trinajstić information content (AvgIpc) is 3.57. The summed E-state index contributed by atoms with van der Waals surface area (Å²) in [6.45, 7) is -0.529. The number of ether oxygens (including phenoxy) is 6. The van der Waals surface area contributed by atoms with Crippen molar-refractivity contribution in [2.75, 3.05) is 49.1 Å². The van der Waals surface area contributed by atoms with Crippen LogP contribution in [0, 0.1) is 36.3 Å². The Morgan fingerprint density at radius 3 is 1.27 bits per heavy atom. The zero-order chi connectivity index (χ0) is 58.5. The van der Waals surface area contributed by atoms with Crippen molar-refractivity contribution in [1.29, 1.82) is 0 Å². The second-order valence-corrected chi connectivity index (χ2v) is 23.4. The van der Waals surface area contributed by atoms with Gasteiger partial charge in [-0.1, -0.05) is 36.4 Å². The van der Waals surface area contributed by atoms with Crippen molar-refractivity contribution in [3.8, 4) is 45.3 Å². The van der Waals surface area contributed by atoms with Crippen molar-refractivity contribution in [2.45, 2.75) is 75.8 Å². The monoisotopic (exact) mass is 1160 g/mol. The maximum atomic E-state index is 14.3. The molecule has 428 valence electrons. The van der Waals surface area contributed by atoms with E-state index in [0.29, 0.717) is 22.3 Å². The summed E-state index contributed by atoms with van der Waals surface area (Å²) in [7, 11) is -5.60. The Balaban J connectivity index is 0.000000231. The Bertz CT molecular complexity index is 3260. The van der Waals surface area contributed by atoms with Crippen LogP contribution in [-0.4, -0.2) is 105 Å². The molecule has 0 spiro atoms. The van der Waals surface area contributed by atoms with Gasteiger partial charge in [-0.05, 0) is 134 Å². The molecule has 4 atom stereocenters. The van der Waals surface area contributed by atoms with Crippen LogP contribution < -0.4 is 27.6 Å². The summed E-state index contributed by atoms with van der Waals surface area (Å²) in [6, 6.07) is 27.8. The first-order valence-electron chi connectivity index (χ1n) is 24.4. The Hall–Kier alpha value is -7.54. The maximum absolute atomic E-state index is 14.3. The van der Waals surface area contributed by atoms with E-state index in [1.165, 1.54) is 101 Å². The lowest BCUT2D eigenvalue weighted by Crippen LogP contribution is -2.47. The number of methoxy groups -OCH3 is 2. The van der Waals surface area contributed by atoms with E-state index in [-0.39, 0.29) is 82.9 Å². The molecule has 6 aromatic carbocycles. The highest BCUT2D eigenvalue weighted by atomic mass is 32.2. The molecule has 80 heavy (non-hydrogen) atoms. The molecule has 0 radical (unpaired) electrons. The van der Waals surface area contributed by atoms with E-state index in [1.807, 2.05) is 0 Å². The normalized spacial score (nSPS) is 16.7. The van der Waals surface area contributed by atoms with Crippen LogP contribution >= 0.6 is 0 Å². The molecule has 0 aliphatic carbocycles. The van der Waals surface area contributed by atoms with Gasteiger partial charge < -0.3 is 38.6 Å². The summed E-state index contributed by atoms with van der Waals surface area (Å²) >= 11 is 0. The summed E-state index contributed by atoms with van der Waals surface area (Å²) in [4.78, 5) is 24.1. The van der Waals surface area contributed by atoms with Crippen LogP contribution in [0.1, 0.15) is 37.8 Å². The lowest BCUT2D eigenvalue weighted by molar-refractivity contribution is -0.153. The van der Waals surface area contributed by atoms with E-state index in [9.17, 15) is 63.0 Å². The molecule has 0 saturated heterocycles. The van der Waals surface area contributed by atoms with Gasteiger partial charge in [0.05, 0.1) is 58.3 Å². The van der Waals surface area contributed by atoms with Crippen LogP contribution in [0.3, 0.4) is 0 Å². The highest BCUT2D eigenvalue weighted by molar-refractivity contribution is 7.93. The smallest absolute Gasteiger partial charge is 0.387 e. The molecular formula is C56H56F6N2O14S2. The molecule has 16 nitrogen and oxygen atoms in total. The number of sulfonamides is 2. The van der Waals surface area contributed by atoms with Gasteiger partial charge in [0.2, 0.25) is 0 Å². The molecule has 0 fully saturated rings. The second-order valence-electron chi connectivity index (χ2n) is 19.7. The molecule has 8 rings (SSSR count). The van der Waals surface area contributed by atoms with E-state index in [4.69, 9.17) is 18.9 Å². The summed E-state index contributed by atoms with van der Waals surface area (Å²) in [5.41, 5.74) is -0.0682. The fraction of sp³-hybridized carbons (Fsp3) is 0.321. The molecule has 2 aliphatic heterocycles. The van der Waals surface area contributed by atoms with E-state index in [0.717, 1.165) is 32.9 Å². The molecule has 2 aliphatic rings. The molecule has 0 bridgehead atoms. The number of carboxylic acids is 2. The molecule has 2 heterocycles. The zero-order valence-corrected chi connectivity index (χ0v) is 45.5. The first kappa shape index (κ1) is 60.1. The van der Waals surface area contributed by atoms with Gasteiger partial charge in [0.15, 0.2) is 0 Å². The molecule has 6 aromatic rings. The number of carboxylic acid groups (broad SMARTS) is 2. The number of anilines is 2. The maximum Gasteiger partial charge on any atom is 0.387 e. The van der Waals surface area contributed by atoms with Crippen molar-refractivity contribution in [2.24, 2.45) is 10.8 Å². The molecule has 2 N–H and O–H groups in total. The number of aryl methyl sites for hydroxylation is 2. The predicted octanol–water partition coefficient (Wildman–Crippen LogP) is 11.0. The van der Waals surface area contributed by atoms with Gasteiger partial charge in [0, 0.05) is 39.2 Å². The van der Waals surface area contributed by atoms with Crippen LogP contribution in [0.25, 0.3) is 22.3 Å². The Kier molecular flexibility index (Phi) is 18.4. The number of alkyl halides is 4. The van der Waals surface area contributed by atoms with Crippen molar-refractivity contribution in [1.82, 2.24) is 0 Å². The number of carbonyl (C=O) groups is 2. The molecule has 0 aromatic heterocycles. The number of hydrogen-bond acceptors (Lipinski definition) is 12. The third-order valence-corrected chi connectivity index (χ3v) is 16.7. The molecule has 0 amide bonds. The standard InChI is InChI=1S/2C28H28F3NO7S/c2*1-17-5-4-6-23(9-17)40(35,36)32-15-22(14-28(2,16-37-3)26(33)34)38-25-8-7-18(12-24(25)32)19-10-20(29)13-21(11-19)39-27(30)31/h2*4-13,22,27H,14-16H2,1-3H3,(H,33,34)/t22-,28+;22-,28-/m00/s1. The number of benzene rings is 6. The second kappa shape index (κ2) is 24.4. The summed E-state index contributed by atoms with van der Waals surface area (Å²) in [6.07, 6.45) is -1.83. The SMILES string of the molecule is COC[C@@](C)(C[C@H]1CN(S(=O)(=O)c2cccc(C)c2)c2cc(-c3cc(F)cc(OC(F)F)c3)ccc2O1)C(=O)O.COC[C@](C)(C[C@H]1CN(S(=O)(=O)c2cccc(C)c2)c2cc(-c3cc(F)cc(OC(F)F)c3)ccc2O1)C(=O)O. The highest BCUT2D eigenvalue weighted by Gasteiger charge is 2.44. The lowest BCUT2D eigenvalue weighted by atomic mass is 9.85. The fourth-order valence-corrected chi connectivity index (χ4v) is 12.5. The Morgan fingerprint density at radius 1 is 0.575 bits per heavy atom. The van der Waals surface area contributed by atoms with Crippen LogP contribution in [0.5, 0.6) is 23.0 Å². The van der Waals surface area contributed by atoms with Crippen molar-refractivity contribution < 1.29 is 91.4 Å². The van der Waals surface area contributed by atoms with E-state index in [1.54, 1.807) is 38.1 Å². The topological polar surface area (TPSA) is 205 Å². The number of hydrogen-bond donors (Lipinski definition) is 2. The third-order valence-electron chi connectivity index (χ3n) is 13.1. The molecule has 0 saturated carbocycles. The largest absolute Gasteiger partial charge is 0.486 e. The van der Waals surface area contributed by atoms with Gasteiger partial charge in [-0.15, -0.1) is 0 Å². The van der Waals surface area contributed by atoms with Gasteiger partial charge in [0.1, 0.15) is 46.8 Å². The van der Waals surface area contributed by atoms with Crippen molar-refractivity contribution in [3.63, 3.8) is 0 Å². The number of halogens is 6. The lowest BCUT2D eigenvalue weighted by Gasteiger charge is -2.38. The summed E-state index contributed by atoms with van der Waals surface area (Å²) in [5, 5.41) is 19.7. The predicted molar refractivity (Wildman–Crippen MR) is 282 cm³/mol. The van der Waals surface area contributed by atoms with Gasteiger partial charge in [-0.2, -0.15) is 17.6 Å². The van der Waals surface area contributed by atoms with E-state index in [2.05, 4.69) is 9.47 Å². The van der Waals surface area contributed by atoms with Crippen LogP contribution in [-0.2, 0) is 39.1 Å². The van der Waals surface area contributed by atoms with Crippen LogP contribution in [0.15, 0.2) is 131 Å². The summed E-state index contributed by atoms with van der Waals surface area (Å²) in [5.74, 6) is -4.37. The Morgan fingerprint density at radius 2 is 0.950 bits per heavy atom. The number of nitrogens with zero attached hydrogens (tertiary/aromatic N) is 2. The van der Waals surface area contributed by atoms with E-state index >= 15 is 0 Å². The van der Waals surface area contributed by atoms with Crippen molar-refractivity contribution in [3.05, 3.63) is 144 Å². The zero-order valence-electron chi connectivity index (χ0n) is 43.9. The summed E-state index contributed by atoms with van der Waals surface area (Å²) < 4.78 is 169. The quantitative estimate of drug-likeness (QED) is 0.0683. The minimum Gasteiger partial charge on any atom is -0.486 e. The van der Waals surface area contributed by atoms with Gasteiger partial charge in [-0.25, -0.2) is 25.6 Å². The first-order valence-corrected chi connectivity index (χ1v) is 27.3. The first-order chi connectivity index (χ1) is 37.6. The molecular weight excluding hydrogens is 1100 g/mol. The number of rotatable bonds is 20. The van der Waals surface area contributed by atoms with E-state index < -0.39 is 91.4 Å². The number of aliphatic carboxylic acids is 2.